The van der Waals surface area contributed by atoms with Crippen LogP contribution in [0.1, 0.15) is 55.5 Å². The van der Waals surface area contributed by atoms with Crippen LogP contribution in [0.5, 0.6) is 5.75 Å². The molecule has 0 amide bonds. The second-order valence-corrected chi connectivity index (χ2v) is 12.1. The van der Waals surface area contributed by atoms with Crippen molar-refractivity contribution in [3.05, 3.63) is 105 Å². The molecule has 0 spiro atoms. The van der Waals surface area contributed by atoms with E-state index in [-0.39, 0.29) is 43.1 Å². The second kappa shape index (κ2) is 17.5. The molecule has 0 unspecified atom stereocenters. The Morgan fingerprint density at radius 2 is 1.60 bits per heavy atom. The first kappa shape index (κ1) is 37.6. The van der Waals surface area contributed by atoms with Crippen LogP contribution >= 0.6 is 11.6 Å². The van der Waals surface area contributed by atoms with Crippen LogP contribution < -0.4 is 11.3 Å². The number of benzene rings is 3. The third-order valence-corrected chi connectivity index (χ3v) is 8.34. The number of nitrogens with two attached hydrogens (primary N) is 1. The van der Waals surface area contributed by atoms with Gasteiger partial charge in [-0.2, -0.15) is 5.10 Å². The van der Waals surface area contributed by atoms with Crippen molar-refractivity contribution >= 4 is 51.3 Å². The van der Waals surface area contributed by atoms with E-state index in [1.165, 1.54) is 6.33 Å². The summed E-state index contributed by atoms with van der Waals surface area (Å²) in [6, 6.07) is 19.1. The number of aromatic hydroxyl groups is 1. The lowest BCUT2D eigenvalue weighted by Crippen LogP contribution is -2.28. The molecule has 0 fully saturated rings. The number of carboxylic acids is 2. The summed E-state index contributed by atoms with van der Waals surface area (Å²) in [6.45, 7) is 0.198. The number of carbonyl (C=O) groups is 2. The number of halogens is 1. The van der Waals surface area contributed by atoms with Crippen molar-refractivity contribution in [1.82, 2.24) is 29.3 Å². The van der Waals surface area contributed by atoms with Gasteiger partial charge in [0.25, 0.3) is 5.56 Å². The van der Waals surface area contributed by atoms with Gasteiger partial charge in [-0.25, -0.2) is 19.6 Å². The summed E-state index contributed by atoms with van der Waals surface area (Å²) >= 11 is 6.52. The molecule has 0 saturated carbocycles. The summed E-state index contributed by atoms with van der Waals surface area (Å²) in [5.41, 5.74) is 9.32. The van der Waals surface area contributed by atoms with Crippen molar-refractivity contribution in [2.75, 3.05) is 5.73 Å². The van der Waals surface area contributed by atoms with Crippen LogP contribution in [-0.4, -0.2) is 56.6 Å². The number of phenols is 1. The van der Waals surface area contributed by atoms with Crippen LogP contribution in [0.15, 0.2) is 77.9 Å². The molecule has 268 valence electrons. The van der Waals surface area contributed by atoms with Crippen molar-refractivity contribution in [2.24, 2.45) is 0 Å². The van der Waals surface area contributed by atoms with E-state index in [4.69, 9.17) is 44.1 Å². The number of phenolic OH excluding ortho intramolecular Hbond substituents is 1. The fraction of sp³-hybridized carbons (Fsp3) is 0.205. The summed E-state index contributed by atoms with van der Waals surface area (Å²) < 4.78 is 3.18. The van der Waals surface area contributed by atoms with E-state index in [0.29, 0.717) is 75.3 Å². The number of hydrogen-bond acceptors (Lipinski definition) is 9. The van der Waals surface area contributed by atoms with Crippen LogP contribution in [0.3, 0.4) is 0 Å². The van der Waals surface area contributed by atoms with E-state index >= 15 is 0 Å². The number of nitrogens with zero attached hydrogens (tertiary/aromatic N) is 6. The van der Waals surface area contributed by atoms with Gasteiger partial charge < -0.3 is 21.1 Å². The summed E-state index contributed by atoms with van der Waals surface area (Å²) in [5, 5.41) is 33.0. The molecular formula is C39H34ClN7O6. The van der Waals surface area contributed by atoms with Gasteiger partial charge >= 0.3 is 11.9 Å². The first-order valence-corrected chi connectivity index (χ1v) is 16.8. The predicted octanol–water partition coefficient (Wildman–Crippen LogP) is 5.72. The van der Waals surface area contributed by atoms with Crippen molar-refractivity contribution in [3.8, 4) is 41.2 Å². The van der Waals surface area contributed by atoms with Crippen LogP contribution in [0.25, 0.3) is 33.2 Å². The highest BCUT2D eigenvalue weighted by Crippen LogP contribution is 2.31. The van der Waals surface area contributed by atoms with Gasteiger partial charge in [0.05, 0.1) is 22.8 Å². The number of nitrogen functional groups attached to an aromatic ring is 1. The second-order valence-electron chi connectivity index (χ2n) is 11.7. The first-order valence-electron chi connectivity index (χ1n) is 16.5. The lowest BCUT2D eigenvalue weighted by molar-refractivity contribution is -0.138. The number of aromatic nitrogens is 6. The largest absolute Gasteiger partial charge is 0.508 e. The minimum atomic E-state index is -0.879. The van der Waals surface area contributed by atoms with Gasteiger partial charge in [-0.3, -0.25) is 19.0 Å². The molecule has 14 heteroatoms. The Morgan fingerprint density at radius 1 is 0.887 bits per heavy atom. The number of anilines is 1. The maximum absolute atomic E-state index is 14.3. The lowest BCUT2D eigenvalue weighted by atomic mass is 10.1. The number of aliphatic carboxylic acids is 2. The van der Waals surface area contributed by atoms with Crippen molar-refractivity contribution < 1.29 is 24.9 Å². The maximum atomic E-state index is 14.3. The molecule has 5 N–H and O–H groups in total. The maximum Gasteiger partial charge on any atom is 0.303 e. The molecule has 53 heavy (non-hydrogen) atoms. The number of carboxylic acid groups (broad SMARTS) is 2. The van der Waals surface area contributed by atoms with Gasteiger partial charge in [0.15, 0.2) is 5.65 Å². The summed E-state index contributed by atoms with van der Waals surface area (Å²) in [6.07, 6.45) is 8.36. The zero-order chi connectivity index (χ0) is 37.9. The fourth-order valence-electron chi connectivity index (χ4n) is 5.42. The molecule has 13 nitrogen and oxygen atoms in total. The topological polar surface area (TPSA) is 199 Å². The first-order chi connectivity index (χ1) is 25.6. The van der Waals surface area contributed by atoms with Gasteiger partial charge in [0.2, 0.25) is 0 Å². The molecule has 0 aliphatic rings. The summed E-state index contributed by atoms with van der Waals surface area (Å²) in [4.78, 5) is 48.5. The van der Waals surface area contributed by atoms with Gasteiger partial charge in [-0.15, -0.1) is 12.3 Å². The highest BCUT2D eigenvalue weighted by Gasteiger charge is 2.21. The fourth-order valence-corrected chi connectivity index (χ4v) is 5.61. The Kier molecular flexibility index (Phi) is 12.4. The molecule has 0 atom stereocenters. The standard InChI is InChI=1S/C33H26ClN7O4.C6H8O2/c34-24-10-5-4-8-22(24)17-40-26(38-25-11-6-9-20(28(25)33(40)45)7-2-1-3-12-27(43)44)18-41-32-29(31(35)36-19-37-32)30(39-41)21-13-15-23(42)16-14-21;1-2-3-4-5-6(7)8/h4-6,8-11,13-16,19,42H,1,3,12,17-18H2,(H,43,44)(H2,35,36,37);1H,3-5H2,(H,7,8). The Labute approximate surface area is 308 Å². The molecular weight excluding hydrogens is 698 g/mol. The number of rotatable bonds is 11. The minimum absolute atomic E-state index is 0.0207. The average molecular weight is 732 g/mol. The smallest absolute Gasteiger partial charge is 0.303 e. The van der Waals surface area contributed by atoms with Gasteiger partial charge in [-0.05, 0) is 60.9 Å². The lowest BCUT2D eigenvalue weighted by Gasteiger charge is -2.15. The molecule has 0 aliphatic heterocycles. The third-order valence-electron chi connectivity index (χ3n) is 7.97. The van der Waals surface area contributed by atoms with E-state index in [0.717, 1.165) is 5.56 Å². The zero-order valence-electron chi connectivity index (χ0n) is 28.4. The monoisotopic (exact) mass is 731 g/mol. The van der Waals surface area contributed by atoms with Gasteiger partial charge in [-0.1, -0.05) is 47.7 Å². The van der Waals surface area contributed by atoms with Crippen LogP contribution in [0, 0.1) is 24.2 Å². The van der Waals surface area contributed by atoms with E-state index in [9.17, 15) is 19.5 Å². The van der Waals surface area contributed by atoms with Crippen molar-refractivity contribution in [3.63, 3.8) is 0 Å². The van der Waals surface area contributed by atoms with Crippen LogP contribution in [-0.2, 0) is 22.7 Å². The third kappa shape index (κ3) is 9.35. The van der Waals surface area contributed by atoms with E-state index in [2.05, 4.69) is 27.7 Å². The molecule has 6 aromatic rings. The number of unbranched alkanes of at least 4 members (excludes halogenated alkanes) is 2. The molecule has 0 saturated heterocycles. The zero-order valence-corrected chi connectivity index (χ0v) is 29.1. The molecule has 0 bridgehead atoms. The van der Waals surface area contributed by atoms with E-state index in [1.807, 2.05) is 18.2 Å². The normalized spacial score (nSPS) is 10.6. The summed E-state index contributed by atoms with van der Waals surface area (Å²) in [5.74, 6) is 7.48. The molecule has 3 heterocycles. The molecule has 3 aromatic carbocycles. The minimum Gasteiger partial charge on any atom is -0.508 e. The Balaban J connectivity index is 0.000000609. The Hall–Kier alpha value is -6.70. The summed E-state index contributed by atoms with van der Waals surface area (Å²) in [7, 11) is 0. The highest BCUT2D eigenvalue weighted by molar-refractivity contribution is 6.31. The average Bonchev–Trinajstić information content (AvgIpc) is 3.50. The van der Waals surface area contributed by atoms with Crippen LogP contribution in [0.2, 0.25) is 5.02 Å². The molecule has 0 radical (unpaired) electrons. The van der Waals surface area contributed by atoms with E-state index < -0.39 is 11.9 Å². The van der Waals surface area contributed by atoms with Crippen molar-refractivity contribution in [2.45, 2.75) is 51.6 Å². The Bertz CT molecular complexity index is 2460. The van der Waals surface area contributed by atoms with Gasteiger partial charge in [0.1, 0.15) is 36.0 Å². The predicted molar refractivity (Wildman–Crippen MR) is 201 cm³/mol. The van der Waals surface area contributed by atoms with Crippen LogP contribution in [0.4, 0.5) is 5.82 Å². The molecule has 0 aliphatic carbocycles. The highest BCUT2D eigenvalue weighted by atomic mass is 35.5. The number of fused-ring (bicyclic) bond motifs is 2. The number of hydrogen-bond donors (Lipinski definition) is 4. The van der Waals surface area contributed by atoms with E-state index in [1.54, 1.807) is 57.8 Å². The molecule has 6 rings (SSSR count). The number of terminal acetylenes is 1. The molecule has 3 aromatic heterocycles. The van der Waals surface area contributed by atoms with Crippen molar-refractivity contribution in [1.29, 1.82) is 0 Å². The SMILES string of the molecule is C#CCCCC(=O)O.Nc1ncnc2c1c(-c1ccc(O)cc1)nn2Cc1nc2cccc(C#CCCCC(=O)O)c2c(=O)n1Cc1ccccc1Cl. The quantitative estimate of drug-likeness (QED) is 0.0938. The van der Waals surface area contributed by atoms with Gasteiger partial charge in [0, 0.05) is 41.8 Å². The Morgan fingerprint density at radius 3 is 2.30 bits per heavy atom.